The summed E-state index contributed by atoms with van der Waals surface area (Å²) in [6, 6.07) is 15.5. The largest absolute Gasteiger partial charge is 0.486 e. The van der Waals surface area contributed by atoms with Crippen LogP contribution in [0.5, 0.6) is 11.8 Å². The van der Waals surface area contributed by atoms with Gasteiger partial charge in [-0.2, -0.15) is 20.5 Å². The molecule has 0 saturated carbocycles. The zero-order valence-corrected chi connectivity index (χ0v) is 46.7. The highest BCUT2D eigenvalue weighted by Crippen LogP contribution is 2.49. The molecule has 4 N–H and O–H groups in total. The van der Waals surface area contributed by atoms with Crippen LogP contribution in [0.2, 0.25) is 5.02 Å². The number of hydrogen-bond donors (Lipinski definition) is 3. The summed E-state index contributed by atoms with van der Waals surface area (Å²) in [4.78, 5) is 52.0. The summed E-state index contributed by atoms with van der Waals surface area (Å²) in [5.41, 5.74) is 12.6. The number of nitrogens with two attached hydrogens (primary N) is 1. The van der Waals surface area contributed by atoms with Gasteiger partial charge in [0.2, 0.25) is 6.41 Å². The number of nitriles is 2. The van der Waals surface area contributed by atoms with Crippen LogP contribution in [-0.2, 0) is 27.5 Å². The lowest BCUT2D eigenvalue weighted by Gasteiger charge is -2.39. The monoisotopic (exact) mass is 1130 g/mol. The van der Waals surface area contributed by atoms with Crippen LogP contribution in [0.4, 0.5) is 25.3 Å². The van der Waals surface area contributed by atoms with E-state index in [2.05, 4.69) is 34.8 Å². The average Bonchev–Trinajstić information content (AvgIpc) is 4.25. The lowest BCUT2D eigenvalue weighted by atomic mass is 9.88. The van der Waals surface area contributed by atoms with E-state index in [1.807, 2.05) is 56.9 Å². The lowest BCUT2D eigenvalue weighted by molar-refractivity contribution is -0.157. The molecule has 12 rings (SSSR count). The molecule has 1 amide bonds. The van der Waals surface area contributed by atoms with Crippen molar-refractivity contribution in [3.8, 4) is 35.0 Å². The number of cyclic esters (lactones) is 1. The number of amides is 1. The molecule has 17 nitrogen and oxygen atoms in total. The maximum Gasteiger partial charge on any atom is 0.340 e. The van der Waals surface area contributed by atoms with Crippen LogP contribution >= 0.6 is 22.9 Å². The van der Waals surface area contributed by atoms with E-state index in [4.69, 9.17) is 36.5 Å². The minimum atomic E-state index is -1.43. The van der Waals surface area contributed by atoms with Crippen molar-refractivity contribution < 1.29 is 37.7 Å². The number of carbonyl (C=O) groups excluding carboxylic acids is 2. The Balaban J connectivity index is 0.000000185. The molecular weight excluding hydrogens is 1070 g/mol. The molecule has 9 heterocycles. The first-order chi connectivity index (χ1) is 38.6. The summed E-state index contributed by atoms with van der Waals surface area (Å²) < 4.78 is 50.9. The Labute approximate surface area is 470 Å². The van der Waals surface area contributed by atoms with E-state index in [0.29, 0.717) is 48.6 Å². The lowest BCUT2D eigenvalue weighted by Crippen LogP contribution is -2.52. The number of rotatable bonds is 11. The molecule has 4 unspecified atom stereocenters. The number of thiophene rings is 1. The number of piperazine rings is 1. The van der Waals surface area contributed by atoms with Crippen LogP contribution in [0.15, 0.2) is 65.0 Å². The predicted molar refractivity (Wildman–Crippen MR) is 303 cm³/mol. The molecule has 4 atom stereocenters. The maximum atomic E-state index is 16.9. The highest BCUT2D eigenvalue weighted by atomic mass is 35.5. The first-order valence-corrected chi connectivity index (χ1v) is 28.2. The van der Waals surface area contributed by atoms with Crippen LogP contribution in [0.25, 0.3) is 37.7 Å². The van der Waals surface area contributed by atoms with Gasteiger partial charge in [0.05, 0.1) is 51.0 Å². The quantitative estimate of drug-likeness (QED) is 0.0623. The van der Waals surface area contributed by atoms with E-state index >= 15 is 4.39 Å². The minimum absolute atomic E-state index is 0.000748. The fourth-order valence-electron chi connectivity index (χ4n) is 12.1. The molecule has 0 bridgehead atoms. The van der Waals surface area contributed by atoms with Crippen molar-refractivity contribution in [3.05, 3.63) is 115 Å². The molecule has 0 spiro atoms. The van der Waals surface area contributed by atoms with Crippen molar-refractivity contribution >= 4 is 78.4 Å². The number of pyridine rings is 1. The van der Waals surface area contributed by atoms with Crippen molar-refractivity contribution in [2.45, 2.75) is 116 Å². The summed E-state index contributed by atoms with van der Waals surface area (Å²) in [6.07, 6.45) is 4.28. The van der Waals surface area contributed by atoms with Crippen LogP contribution in [-0.4, -0.2) is 98.8 Å². The molecule has 80 heavy (non-hydrogen) atoms. The van der Waals surface area contributed by atoms with Gasteiger partial charge in [0.1, 0.15) is 53.3 Å². The third kappa shape index (κ3) is 9.65. The van der Waals surface area contributed by atoms with Gasteiger partial charge in [0.15, 0.2) is 11.9 Å². The second kappa shape index (κ2) is 22.5. The van der Waals surface area contributed by atoms with Gasteiger partial charge in [-0.05, 0) is 118 Å². The number of allylic oxidation sites excluding steroid dienone is 1. The Morgan fingerprint density at radius 2 is 1.86 bits per heavy atom. The predicted octanol–water partition coefficient (Wildman–Crippen LogP) is 10.1. The van der Waals surface area contributed by atoms with E-state index < -0.39 is 29.7 Å². The van der Waals surface area contributed by atoms with Crippen LogP contribution in [0.3, 0.4) is 0 Å². The van der Waals surface area contributed by atoms with E-state index in [9.17, 15) is 34.4 Å². The number of nitrogens with zero attached hydrogens (tertiary/aromatic N) is 8. The number of fused-ring (bicyclic) bond motifs is 8. The molecule has 6 aliphatic rings. The van der Waals surface area contributed by atoms with Gasteiger partial charge in [-0.3, -0.25) is 14.5 Å². The van der Waals surface area contributed by atoms with Crippen LogP contribution in [0.1, 0.15) is 113 Å². The second-order valence-corrected chi connectivity index (χ2v) is 22.2. The molecule has 0 aliphatic carbocycles. The number of anilines is 3. The molecule has 416 valence electrons. The number of ether oxygens (including phenoxy) is 3. The molecule has 3 aromatic heterocycles. The third-order valence-corrected chi connectivity index (χ3v) is 17.6. The number of aromatic nitrogens is 3. The van der Waals surface area contributed by atoms with Crippen molar-refractivity contribution in [1.29, 1.82) is 10.5 Å². The number of carbonyl (C=O) groups is 2. The van der Waals surface area contributed by atoms with E-state index in [1.165, 1.54) is 17.7 Å². The van der Waals surface area contributed by atoms with Gasteiger partial charge in [-0.15, -0.1) is 11.3 Å². The topological polar surface area (TPSA) is 225 Å². The molecule has 21 heteroatoms. The number of benzene rings is 3. The average molecular weight is 1130 g/mol. The number of halogens is 3. The van der Waals surface area contributed by atoms with E-state index in [-0.39, 0.29) is 91.1 Å². The summed E-state index contributed by atoms with van der Waals surface area (Å²) in [5.74, 6) is -0.937. The summed E-state index contributed by atoms with van der Waals surface area (Å²) in [7, 11) is 0. The smallest absolute Gasteiger partial charge is 0.340 e. The van der Waals surface area contributed by atoms with Crippen molar-refractivity contribution in [3.63, 3.8) is 0 Å². The van der Waals surface area contributed by atoms with E-state index in [1.54, 1.807) is 21.6 Å². The Bertz CT molecular complexity index is 3690. The fourth-order valence-corrected chi connectivity index (χ4v) is 13.4. The van der Waals surface area contributed by atoms with Gasteiger partial charge in [-0.1, -0.05) is 45.0 Å². The zero-order valence-electron chi connectivity index (χ0n) is 45.1. The number of hydrogen-bond acceptors (Lipinski definition) is 16. The molecule has 3 aromatic carbocycles. The highest BCUT2D eigenvalue weighted by molar-refractivity contribution is 7.23. The fraction of sp³-hybridized carbons (Fsp3) is 0.407. The normalized spacial score (nSPS) is 19.8. The van der Waals surface area contributed by atoms with Crippen molar-refractivity contribution in [1.82, 2.24) is 24.3 Å². The molecule has 3 saturated heterocycles. The number of esters is 1. The summed E-state index contributed by atoms with van der Waals surface area (Å²) in [5, 5.41) is 33.7. The Morgan fingerprint density at radius 3 is 2.56 bits per heavy atom. The Morgan fingerprint density at radius 1 is 1.10 bits per heavy atom. The van der Waals surface area contributed by atoms with Gasteiger partial charge in [0.25, 0.3) is 5.56 Å². The number of nitrogens with one attached hydrogen (secondary N) is 1. The molecule has 0 radical (unpaired) electrons. The number of aliphatic hydroxyl groups is 1. The highest BCUT2D eigenvalue weighted by Gasteiger charge is 2.45. The van der Waals surface area contributed by atoms with Gasteiger partial charge >= 0.3 is 12.0 Å². The van der Waals surface area contributed by atoms with Gasteiger partial charge in [-0.25, -0.2) is 13.6 Å². The first-order valence-electron chi connectivity index (χ1n) is 27.0. The van der Waals surface area contributed by atoms with Crippen LogP contribution < -0.4 is 31.0 Å². The second-order valence-electron chi connectivity index (χ2n) is 20.7. The van der Waals surface area contributed by atoms with Crippen molar-refractivity contribution in [2.75, 3.05) is 55.3 Å². The van der Waals surface area contributed by atoms with E-state index in [0.717, 1.165) is 96.8 Å². The standard InChI is InChI=1S/C32H29ClF2N8O2S.C25H26N2O5.C2H6/c33-22-13-20-27(26(35)25(22)19-3-4-23(34)28-24(19)21(14-37)29(38)46-28)39-31(45-16-32-6-1-9-43(32)10-2-7-32)40-30(20)41-11-12-42(17-44)18(15-41)5-8-36;1-5-15-16-8-14(32-13(4)12(2)3)6-7-20(16)26-22-18(15)10-27-21(22)9-17-19(24(27)29)11-31-25(30)23(17)28;1-2/h3-4,13,17-18H,1-2,5-7,9-12,15-16,38H2;6-9,13,22-23,26,28H,2,5,10-11H2,1,3-4H3;1-2H3. The maximum absolute atomic E-state index is 16.9. The number of aliphatic hydroxyl groups excluding tert-OH is 1. The first kappa shape index (κ1) is 55.7. The molecule has 3 fully saturated rings. The Kier molecular flexibility index (Phi) is 15.7. The van der Waals surface area contributed by atoms with Crippen LogP contribution in [0, 0.1) is 34.3 Å². The summed E-state index contributed by atoms with van der Waals surface area (Å²) in [6.45, 7) is 17.7. The molecular formula is C59H61ClF2N10O7S. The van der Waals surface area contributed by atoms with Gasteiger partial charge < -0.3 is 44.7 Å². The minimum Gasteiger partial charge on any atom is -0.486 e. The molecule has 6 aliphatic heterocycles. The van der Waals surface area contributed by atoms with Crippen molar-refractivity contribution in [2.24, 2.45) is 0 Å². The number of nitrogen functional groups attached to an aromatic ring is 1. The molecule has 6 aromatic rings. The van der Waals surface area contributed by atoms with Gasteiger partial charge in [0, 0.05) is 65.0 Å². The third-order valence-electron chi connectivity index (χ3n) is 16.3. The summed E-state index contributed by atoms with van der Waals surface area (Å²) >= 11 is 7.73. The SMILES string of the molecule is C=C(C)C(C)Oc1ccc2c(c1)C(CC)=C1Cn3c(cc4c(c3=O)COC(=O)C4O)C1N2.CC.N#CCC1CN(c2nc(OCC34CCCN3CCC4)nc3c(F)c(-c4ccc(F)c5sc(N)c(C#N)c45)c(Cl)cc23)CCN1C=O. The Hall–Kier alpha value is -7.62. The zero-order chi connectivity index (χ0) is 56.9.